The number of anilines is 1. The van der Waals surface area contributed by atoms with E-state index < -0.39 is 0 Å². The van der Waals surface area contributed by atoms with Crippen molar-refractivity contribution in [3.8, 4) is 0 Å². The standard InChI is InChI=1S/C8H11ClN2O2S/c9-7-6(3-12)14-8(11-7)10-5-1-2-13-4-5/h5,12H,1-4H2,(H,10,11). The Morgan fingerprint density at radius 2 is 2.57 bits per heavy atom. The van der Waals surface area contributed by atoms with E-state index in [1.165, 1.54) is 11.3 Å². The van der Waals surface area contributed by atoms with Crippen LogP contribution in [0.3, 0.4) is 0 Å². The number of nitrogens with one attached hydrogen (secondary N) is 1. The van der Waals surface area contributed by atoms with Crippen LogP contribution in [-0.2, 0) is 11.3 Å². The van der Waals surface area contributed by atoms with Crippen LogP contribution in [0.2, 0.25) is 5.15 Å². The van der Waals surface area contributed by atoms with E-state index in [-0.39, 0.29) is 6.61 Å². The second kappa shape index (κ2) is 4.44. The average Bonchev–Trinajstić information content (AvgIpc) is 2.76. The van der Waals surface area contributed by atoms with Gasteiger partial charge in [-0.15, -0.1) is 0 Å². The molecule has 6 heteroatoms. The number of halogens is 1. The minimum Gasteiger partial charge on any atom is -0.391 e. The Morgan fingerprint density at radius 3 is 3.14 bits per heavy atom. The summed E-state index contributed by atoms with van der Waals surface area (Å²) in [6.07, 6.45) is 0.992. The highest BCUT2D eigenvalue weighted by Gasteiger charge is 2.17. The van der Waals surface area contributed by atoms with Gasteiger partial charge in [-0.1, -0.05) is 22.9 Å². The summed E-state index contributed by atoms with van der Waals surface area (Å²) >= 11 is 7.19. The lowest BCUT2D eigenvalue weighted by Crippen LogP contribution is -2.18. The van der Waals surface area contributed by atoms with Crippen molar-refractivity contribution in [3.63, 3.8) is 0 Å². The monoisotopic (exact) mass is 234 g/mol. The number of aromatic nitrogens is 1. The highest BCUT2D eigenvalue weighted by molar-refractivity contribution is 7.16. The summed E-state index contributed by atoms with van der Waals surface area (Å²) in [5.74, 6) is 0. The molecule has 2 heterocycles. The Hall–Kier alpha value is -0.360. The van der Waals surface area contributed by atoms with Gasteiger partial charge in [0.1, 0.15) is 5.15 Å². The maximum absolute atomic E-state index is 8.93. The van der Waals surface area contributed by atoms with Gasteiger partial charge in [0, 0.05) is 6.61 Å². The quantitative estimate of drug-likeness (QED) is 0.832. The Balaban J connectivity index is 2.01. The first kappa shape index (κ1) is 10.2. The minimum absolute atomic E-state index is 0.0562. The average molecular weight is 235 g/mol. The molecule has 1 aromatic rings. The molecule has 0 aliphatic carbocycles. The van der Waals surface area contributed by atoms with Crippen molar-refractivity contribution in [2.24, 2.45) is 0 Å². The molecular weight excluding hydrogens is 224 g/mol. The van der Waals surface area contributed by atoms with Gasteiger partial charge in [-0.3, -0.25) is 0 Å². The van der Waals surface area contributed by atoms with E-state index in [1.807, 2.05) is 0 Å². The number of thiazole rings is 1. The molecular formula is C8H11ClN2O2S. The number of hydrogen-bond acceptors (Lipinski definition) is 5. The zero-order valence-electron chi connectivity index (χ0n) is 7.49. The maximum atomic E-state index is 8.93. The molecule has 4 nitrogen and oxygen atoms in total. The van der Waals surface area contributed by atoms with Crippen LogP contribution in [0.25, 0.3) is 0 Å². The zero-order valence-corrected chi connectivity index (χ0v) is 9.07. The molecule has 1 aromatic heterocycles. The Bertz CT molecular complexity index is 312. The third-order valence-corrected chi connectivity index (χ3v) is 3.45. The molecule has 0 bridgehead atoms. The van der Waals surface area contributed by atoms with E-state index >= 15 is 0 Å². The molecule has 0 radical (unpaired) electrons. The summed E-state index contributed by atoms with van der Waals surface area (Å²) in [6.45, 7) is 1.45. The first-order valence-electron chi connectivity index (χ1n) is 4.40. The van der Waals surface area contributed by atoms with E-state index in [1.54, 1.807) is 0 Å². The fourth-order valence-corrected chi connectivity index (χ4v) is 2.42. The normalized spacial score (nSPS) is 21.4. The number of ether oxygens (including phenoxy) is 1. The first-order valence-corrected chi connectivity index (χ1v) is 5.59. The first-order chi connectivity index (χ1) is 6.79. The molecule has 0 spiro atoms. The van der Waals surface area contributed by atoms with E-state index in [4.69, 9.17) is 21.4 Å². The lowest BCUT2D eigenvalue weighted by Gasteiger charge is -2.07. The molecule has 0 saturated carbocycles. The van der Waals surface area contributed by atoms with Gasteiger partial charge in [0.15, 0.2) is 5.13 Å². The fraction of sp³-hybridized carbons (Fsp3) is 0.625. The zero-order chi connectivity index (χ0) is 9.97. The van der Waals surface area contributed by atoms with Crippen molar-refractivity contribution >= 4 is 28.1 Å². The van der Waals surface area contributed by atoms with E-state index in [0.29, 0.717) is 22.7 Å². The molecule has 1 saturated heterocycles. The van der Waals surface area contributed by atoms with Crippen LogP contribution in [0.15, 0.2) is 0 Å². The molecule has 1 aliphatic heterocycles. The fourth-order valence-electron chi connectivity index (χ4n) is 1.32. The number of nitrogens with zero attached hydrogens (tertiary/aromatic N) is 1. The van der Waals surface area contributed by atoms with Crippen LogP contribution in [0.4, 0.5) is 5.13 Å². The van der Waals surface area contributed by atoms with Crippen molar-refractivity contribution in [2.45, 2.75) is 19.1 Å². The minimum atomic E-state index is -0.0562. The van der Waals surface area contributed by atoms with Crippen molar-refractivity contribution in [1.82, 2.24) is 4.98 Å². The van der Waals surface area contributed by atoms with Crippen molar-refractivity contribution in [2.75, 3.05) is 18.5 Å². The Kier molecular flexibility index (Phi) is 3.22. The van der Waals surface area contributed by atoms with Crippen LogP contribution >= 0.6 is 22.9 Å². The number of aliphatic hydroxyl groups is 1. The summed E-state index contributed by atoms with van der Waals surface area (Å²) in [7, 11) is 0. The molecule has 14 heavy (non-hydrogen) atoms. The number of aliphatic hydroxyl groups excluding tert-OH is 1. The summed E-state index contributed by atoms with van der Waals surface area (Å²) in [4.78, 5) is 4.80. The van der Waals surface area contributed by atoms with E-state index in [0.717, 1.165) is 18.2 Å². The van der Waals surface area contributed by atoms with E-state index in [9.17, 15) is 0 Å². The topological polar surface area (TPSA) is 54.4 Å². The van der Waals surface area contributed by atoms with Crippen molar-refractivity contribution < 1.29 is 9.84 Å². The van der Waals surface area contributed by atoms with Crippen molar-refractivity contribution in [3.05, 3.63) is 10.0 Å². The highest BCUT2D eigenvalue weighted by atomic mass is 35.5. The summed E-state index contributed by atoms with van der Waals surface area (Å²) < 4.78 is 5.22. The van der Waals surface area contributed by atoms with Gasteiger partial charge in [-0.05, 0) is 6.42 Å². The molecule has 78 valence electrons. The second-order valence-electron chi connectivity index (χ2n) is 3.10. The molecule has 1 atom stereocenters. The van der Waals surface area contributed by atoms with Gasteiger partial charge in [0.05, 0.1) is 24.1 Å². The SMILES string of the molecule is OCc1sc(NC2CCOC2)nc1Cl. The van der Waals surface area contributed by atoms with Gasteiger partial charge < -0.3 is 15.2 Å². The third kappa shape index (κ3) is 2.17. The van der Waals surface area contributed by atoms with Gasteiger partial charge >= 0.3 is 0 Å². The lowest BCUT2D eigenvalue weighted by atomic mass is 10.3. The molecule has 2 N–H and O–H groups in total. The summed E-state index contributed by atoms with van der Waals surface area (Å²) in [5.41, 5.74) is 0. The molecule has 0 aromatic carbocycles. The van der Waals surface area contributed by atoms with E-state index in [2.05, 4.69) is 10.3 Å². The summed E-state index contributed by atoms with van der Waals surface area (Å²) in [5, 5.41) is 13.3. The van der Waals surface area contributed by atoms with Gasteiger partial charge in [-0.25, -0.2) is 4.98 Å². The smallest absolute Gasteiger partial charge is 0.184 e. The maximum Gasteiger partial charge on any atom is 0.184 e. The van der Waals surface area contributed by atoms with Crippen LogP contribution in [0, 0.1) is 0 Å². The van der Waals surface area contributed by atoms with Gasteiger partial charge in [0.25, 0.3) is 0 Å². The van der Waals surface area contributed by atoms with Crippen LogP contribution in [-0.4, -0.2) is 29.3 Å². The Labute approximate surface area is 90.9 Å². The third-order valence-electron chi connectivity index (χ3n) is 2.05. The molecule has 2 rings (SSSR count). The van der Waals surface area contributed by atoms with Crippen LogP contribution in [0.1, 0.15) is 11.3 Å². The highest BCUT2D eigenvalue weighted by Crippen LogP contribution is 2.27. The predicted molar refractivity (Wildman–Crippen MR) is 55.9 cm³/mol. The predicted octanol–water partition coefficient (Wildman–Crippen LogP) is 1.49. The van der Waals surface area contributed by atoms with Crippen LogP contribution in [0.5, 0.6) is 0 Å². The second-order valence-corrected chi connectivity index (χ2v) is 4.54. The molecule has 1 fully saturated rings. The van der Waals surface area contributed by atoms with Crippen molar-refractivity contribution in [1.29, 1.82) is 0 Å². The Morgan fingerprint density at radius 1 is 1.71 bits per heavy atom. The number of hydrogen-bond donors (Lipinski definition) is 2. The van der Waals surface area contributed by atoms with Gasteiger partial charge in [-0.2, -0.15) is 0 Å². The van der Waals surface area contributed by atoms with Gasteiger partial charge in [0.2, 0.25) is 0 Å². The lowest BCUT2D eigenvalue weighted by molar-refractivity contribution is 0.195. The number of rotatable bonds is 3. The largest absolute Gasteiger partial charge is 0.391 e. The van der Waals surface area contributed by atoms with Crippen LogP contribution < -0.4 is 5.32 Å². The summed E-state index contributed by atoms with van der Waals surface area (Å²) in [6, 6.07) is 0.323. The molecule has 1 unspecified atom stereocenters. The molecule has 0 amide bonds. The molecule has 1 aliphatic rings.